The van der Waals surface area contributed by atoms with Gasteiger partial charge in [0.15, 0.2) is 5.96 Å². The fourth-order valence-corrected chi connectivity index (χ4v) is 3.74. The molecule has 1 N–H and O–H groups in total. The van der Waals surface area contributed by atoms with Crippen LogP contribution >= 0.6 is 46.7 Å². The molecule has 8 heteroatoms. The Morgan fingerprint density at radius 1 is 1.44 bits per heavy atom. The molecule has 0 fully saturated rings. The van der Waals surface area contributed by atoms with Crippen molar-refractivity contribution in [2.75, 3.05) is 27.2 Å². The van der Waals surface area contributed by atoms with E-state index in [4.69, 9.17) is 9.73 Å². The number of hydrogen-bond donors (Lipinski definition) is 1. The van der Waals surface area contributed by atoms with Crippen LogP contribution in [-0.2, 0) is 17.7 Å². The summed E-state index contributed by atoms with van der Waals surface area (Å²) in [6, 6.07) is 2.16. The third kappa shape index (κ3) is 7.20. The molecule has 0 aliphatic heterocycles. The predicted molar refractivity (Wildman–Crippen MR) is 118 cm³/mol. The smallest absolute Gasteiger partial charge is 0.194 e. The van der Waals surface area contributed by atoms with E-state index < -0.39 is 0 Å². The minimum absolute atomic E-state index is 0. The first-order valence-electron chi connectivity index (χ1n) is 8.11. The molecule has 5 nitrogen and oxygen atoms in total. The van der Waals surface area contributed by atoms with E-state index in [2.05, 4.69) is 44.3 Å². The van der Waals surface area contributed by atoms with Gasteiger partial charge in [0.25, 0.3) is 0 Å². The van der Waals surface area contributed by atoms with E-state index in [1.807, 2.05) is 14.0 Å². The number of aromatic nitrogens is 1. The quantitative estimate of drug-likeness (QED) is 0.340. The Bertz CT molecular complexity index is 630. The summed E-state index contributed by atoms with van der Waals surface area (Å²) in [5, 5.41) is 10.7. The molecule has 0 amide bonds. The van der Waals surface area contributed by atoms with Crippen molar-refractivity contribution in [1.82, 2.24) is 15.2 Å². The molecule has 1 unspecified atom stereocenters. The Hall–Kier alpha value is -0.710. The number of nitrogens with one attached hydrogen (secondary N) is 1. The van der Waals surface area contributed by atoms with Crippen molar-refractivity contribution in [3.63, 3.8) is 0 Å². The number of nitrogens with zero attached hydrogens (tertiary/aromatic N) is 3. The number of guanidine groups is 1. The van der Waals surface area contributed by atoms with Crippen molar-refractivity contribution in [2.24, 2.45) is 4.99 Å². The van der Waals surface area contributed by atoms with Crippen molar-refractivity contribution in [1.29, 1.82) is 0 Å². The number of thiophene rings is 1. The Kier molecular flexibility index (Phi) is 10.6. The minimum Gasteiger partial charge on any atom is -0.375 e. The second-order valence-corrected chi connectivity index (χ2v) is 7.20. The predicted octanol–water partition coefficient (Wildman–Crippen LogP) is 4.17. The van der Waals surface area contributed by atoms with Gasteiger partial charge < -0.3 is 15.0 Å². The molecule has 0 aliphatic rings. The minimum atomic E-state index is 0. The summed E-state index contributed by atoms with van der Waals surface area (Å²) in [5.41, 5.74) is 2.39. The Balaban J connectivity index is 0.00000312. The van der Waals surface area contributed by atoms with E-state index >= 15 is 0 Å². The topological polar surface area (TPSA) is 49.8 Å². The zero-order valence-electron chi connectivity index (χ0n) is 15.2. The average molecular weight is 494 g/mol. The number of methoxy groups -OCH3 is 1. The van der Waals surface area contributed by atoms with Gasteiger partial charge in [0.05, 0.1) is 12.2 Å². The van der Waals surface area contributed by atoms with Crippen LogP contribution in [0.2, 0.25) is 0 Å². The van der Waals surface area contributed by atoms with Crippen molar-refractivity contribution < 1.29 is 4.74 Å². The molecule has 25 heavy (non-hydrogen) atoms. The fourth-order valence-electron chi connectivity index (χ4n) is 2.20. The highest BCUT2D eigenvalue weighted by molar-refractivity contribution is 14.0. The van der Waals surface area contributed by atoms with Gasteiger partial charge in [0.2, 0.25) is 0 Å². The third-order valence-corrected chi connectivity index (χ3v) is 5.40. The maximum atomic E-state index is 5.33. The standard InChI is InChI=1S/C17H26N4OS2.HI/c1-5-18-17(19-8-6-14-7-9-23-11-14)21(3)10-15-12-24-16(20-15)13(2)22-4;/h7,9,11-13H,5-6,8,10H2,1-4H3,(H,18,19);1H. The van der Waals surface area contributed by atoms with Crippen LogP contribution in [-0.4, -0.2) is 43.1 Å². The molecule has 0 aromatic carbocycles. The summed E-state index contributed by atoms with van der Waals surface area (Å²) in [5.74, 6) is 0.919. The van der Waals surface area contributed by atoms with E-state index in [9.17, 15) is 0 Å². The highest BCUT2D eigenvalue weighted by atomic mass is 127. The second kappa shape index (κ2) is 11.8. The van der Waals surface area contributed by atoms with Crippen LogP contribution in [0.25, 0.3) is 0 Å². The first kappa shape index (κ1) is 22.3. The summed E-state index contributed by atoms with van der Waals surface area (Å²) < 4.78 is 5.33. The zero-order valence-corrected chi connectivity index (χ0v) is 19.2. The van der Waals surface area contributed by atoms with Crippen molar-refractivity contribution in [3.05, 3.63) is 38.5 Å². The molecule has 2 aromatic heterocycles. The van der Waals surface area contributed by atoms with Crippen LogP contribution < -0.4 is 5.32 Å². The van der Waals surface area contributed by atoms with Crippen LogP contribution in [0.1, 0.15) is 36.2 Å². The molecular weight excluding hydrogens is 467 g/mol. The van der Waals surface area contributed by atoms with Crippen molar-refractivity contribution >= 4 is 52.6 Å². The highest BCUT2D eigenvalue weighted by Gasteiger charge is 2.12. The van der Waals surface area contributed by atoms with Gasteiger partial charge in [-0.25, -0.2) is 4.98 Å². The molecule has 0 bridgehead atoms. The van der Waals surface area contributed by atoms with Gasteiger partial charge >= 0.3 is 0 Å². The van der Waals surface area contributed by atoms with Crippen LogP contribution in [0.15, 0.2) is 27.2 Å². The van der Waals surface area contributed by atoms with Gasteiger partial charge in [-0.1, -0.05) is 0 Å². The molecule has 0 spiro atoms. The van der Waals surface area contributed by atoms with E-state index in [-0.39, 0.29) is 30.1 Å². The normalized spacial score (nSPS) is 12.6. The van der Waals surface area contributed by atoms with E-state index in [0.717, 1.165) is 42.7 Å². The lowest BCUT2D eigenvalue weighted by Crippen LogP contribution is -2.38. The molecule has 0 saturated carbocycles. The van der Waals surface area contributed by atoms with Crippen LogP contribution in [0, 0.1) is 0 Å². The SMILES string of the molecule is CCNC(=NCCc1ccsc1)N(C)Cc1csc(C(C)OC)n1.I. The Labute approximate surface area is 175 Å². The number of halogens is 1. The number of aliphatic imine (C=N–C) groups is 1. The van der Waals surface area contributed by atoms with Crippen LogP contribution in [0.5, 0.6) is 0 Å². The summed E-state index contributed by atoms with van der Waals surface area (Å²) in [4.78, 5) is 11.5. The van der Waals surface area contributed by atoms with Crippen molar-refractivity contribution in [3.8, 4) is 0 Å². The number of rotatable bonds is 8. The first-order chi connectivity index (χ1) is 11.6. The number of hydrogen-bond acceptors (Lipinski definition) is 5. The van der Waals surface area contributed by atoms with Gasteiger partial charge in [0.1, 0.15) is 11.1 Å². The number of thiazole rings is 1. The van der Waals surface area contributed by atoms with Gasteiger partial charge in [-0.3, -0.25) is 4.99 Å². The lowest BCUT2D eigenvalue weighted by molar-refractivity contribution is 0.119. The molecule has 2 aromatic rings. The van der Waals surface area contributed by atoms with Gasteiger partial charge in [-0.05, 0) is 42.7 Å². The van der Waals surface area contributed by atoms with Gasteiger partial charge in [0, 0.05) is 32.6 Å². The van der Waals surface area contributed by atoms with Gasteiger partial charge in [-0.2, -0.15) is 11.3 Å². The van der Waals surface area contributed by atoms with E-state index in [1.165, 1.54) is 5.56 Å². The molecule has 2 heterocycles. The fraction of sp³-hybridized carbons (Fsp3) is 0.529. The van der Waals surface area contributed by atoms with E-state index in [1.54, 1.807) is 29.8 Å². The van der Waals surface area contributed by atoms with Crippen LogP contribution in [0.3, 0.4) is 0 Å². The molecule has 0 radical (unpaired) electrons. The van der Waals surface area contributed by atoms with Crippen LogP contribution in [0.4, 0.5) is 0 Å². The lowest BCUT2D eigenvalue weighted by Gasteiger charge is -2.21. The lowest BCUT2D eigenvalue weighted by atomic mass is 10.2. The molecular formula is C17H27IN4OS2. The summed E-state index contributed by atoms with van der Waals surface area (Å²) in [6.07, 6.45) is 1.01. The zero-order chi connectivity index (χ0) is 17.4. The summed E-state index contributed by atoms with van der Waals surface area (Å²) in [7, 11) is 3.76. The first-order valence-corrected chi connectivity index (χ1v) is 9.93. The maximum absolute atomic E-state index is 5.33. The van der Waals surface area contributed by atoms with E-state index in [0.29, 0.717) is 0 Å². The molecule has 1 atom stereocenters. The highest BCUT2D eigenvalue weighted by Crippen LogP contribution is 2.20. The largest absolute Gasteiger partial charge is 0.375 e. The molecule has 140 valence electrons. The summed E-state index contributed by atoms with van der Waals surface area (Å²) in [6.45, 7) is 6.47. The maximum Gasteiger partial charge on any atom is 0.194 e. The average Bonchev–Trinajstić information content (AvgIpc) is 3.25. The Morgan fingerprint density at radius 2 is 2.24 bits per heavy atom. The molecule has 0 aliphatic carbocycles. The Morgan fingerprint density at radius 3 is 2.88 bits per heavy atom. The number of ether oxygens (including phenoxy) is 1. The van der Waals surface area contributed by atoms with Gasteiger partial charge in [-0.15, -0.1) is 35.3 Å². The summed E-state index contributed by atoms with van der Waals surface area (Å²) >= 11 is 3.37. The second-order valence-electron chi connectivity index (χ2n) is 5.53. The van der Waals surface area contributed by atoms with Crippen molar-refractivity contribution in [2.45, 2.75) is 32.9 Å². The third-order valence-electron chi connectivity index (χ3n) is 3.61. The molecule has 2 rings (SSSR count). The molecule has 0 saturated heterocycles. The monoisotopic (exact) mass is 494 g/mol.